The number of hydrogen-bond acceptors (Lipinski definition) is 7. The van der Waals surface area contributed by atoms with Gasteiger partial charge in [0.1, 0.15) is 0 Å². The number of nitrogens with two attached hydrogens (primary N) is 1. The van der Waals surface area contributed by atoms with Gasteiger partial charge < -0.3 is 25.8 Å². The molecule has 0 aromatic heterocycles. The van der Waals surface area contributed by atoms with E-state index >= 15 is 0 Å². The number of carbonyl (C=O) groups is 2. The van der Waals surface area contributed by atoms with Gasteiger partial charge in [0.25, 0.3) is 0 Å². The van der Waals surface area contributed by atoms with Crippen molar-refractivity contribution in [1.29, 1.82) is 0 Å². The van der Waals surface area contributed by atoms with E-state index in [1.54, 1.807) is 0 Å². The van der Waals surface area contributed by atoms with Crippen LogP contribution in [-0.2, 0) is 19.1 Å². The number of nitrogens with one attached hydrogen (secondary N) is 2. The molecule has 4 N–H and O–H groups in total. The molecular formula is C28H55N9O4. The first-order valence-electron chi connectivity index (χ1n) is 14.2. The third kappa shape index (κ3) is 20.9. The fraction of sp³-hybridized carbons (Fsp3) is 0.929. The van der Waals surface area contributed by atoms with E-state index in [-0.39, 0.29) is 46.3 Å². The zero-order valence-corrected chi connectivity index (χ0v) is 26.9. The molecule has 0 aliphatic heterocycles. The van der Waals surface area contributed by atoms with Crippen molar-refractivity contribution < 1.29 is 19.1 Å². The molecule has 0 spiro atoms. The molecule has 0 heterocycles. The second-order valence-electron chi connectivity index (χ2n) is 14.6. The first-order valence-corrected chi connectivity index (χ1v) is 14.2. The molecule has 0 aliphatic rings. The number of amides is 2. The number of ether oxygens (including phenoxy) is 2. The molecule has 2 amide bonds. The van der Waals surface area contributed by atoms with E-state index in [9.17, 15) is 9.59 Å². The molecule has 236 valence electrons. The Balaban J connectivity index is 4.35. The average molecular weight is 582 g/mol. The van der Waals surface area contributed by atoms with Crippen molar-refractivity contribution >= 4 is 11.8 Å². The van der Waals surface area contributed by atoms with Gasteiger partial charge in [-0.1, -0.05) is 65.6 Å². The fourth-order valence-electron chi connectivity index (χ4n) is 3.62. The van der Waals surface area contributed by atoms with E-state index in [1.165, 1.54) is 0 Å². The van der Waals surface area contributed by atoms with Gasteiger partial charge in [-0.15, -0.1) is 0 Å². The summed E-state index contributed by atoms with van der Waals surface area (Å²) in [6.45, 7) is 21.2. The van der Waals surface area contributed by atoms with Gasteiger partial charge in [0.15, 0.2) is 0 Å². The second-order valence-corrected chi connectivity index (χ2v) is 14.6. The molecule has 0 rings (SSSR count). The van der Waals surface area contributed by atoms with E-state index in [1.807, 2.05) is 62.3 Å². The Labute approximate surface area is 246 Å². The molecule has 0 aromatic rings. The molecule has 0 atom stereocenters. The van der Waals surface area contributed by atoms with Crippen molar-refractivity contribution in [2.75, 3.05) is 52.6 Å². The van der Waals surface area contributed by atoms with E-state index in [4.69, 9.17) is 26.3 Å². The van der Waals surface area contributed by atoms with Gasteiger partial charge in [0, 0.05) is 65.2 Å². The fourth-order valence-corrected chi connectivity index (χ4v) is 3.62. The lowest BCUT2D eigenvalue weighted by atomic mass is 9.90. The van der Waals surface area contributed by atoms with Crippen molar-refractivity contribution in [3.05, 3.63) is 20.9 Å². The SMILES string of the molecule is CC(C)(CN=[N+]=[N-])COCC(C)(C)CNC(=O)CCC(C)(N)CCC(=O)NCC(C)(C)COCC(C)(C)CN=[N+]=[N-]. The van der Waals surface area contributed by atoms with Crippen molar-refractivity contribution in [2.45, 2.75) is 93.5 Å². The van der Waals surface area contributed by atoms with Crippen LogP contribution in [0.5, 0.6) is 0 Å². The standard InChI is InChI=1S/C28H55N9O4/c1-24(2,18-40-20-26(5,6)16-34-36-30)14-32-22(38)10-12-28(9,29)13-11-23(39)33-15-25(3,4)19-41-21-27(7,8)17-35-37-31/h10-21,29H2,1-9H3,(H,32,38)(H,33,39). The minimum absolute atomic E-state index is 0.0905. The Morgan fingerprint density at radius 2 is 0.976 bits per heavy atom. The Hall–Kier alpha value is -2.56. The van der Waals surface area contributed by atoms with Crippen molar-refractivity contribution in [2.24, 2.45) is 37.6 Å². The summed E-state index contributed by atoms with van der Waals surface area (Å²) < 4.78 is 11.7. The highest BCUT2D eigenvalue weighted by Gasteiger charge is 2.26. The molecule has 0 unspecified atom stereocenters. The summed E-state index contributed by atoms with van der Waals surface area (Å²) in [6.07, 6.45) is 1.46. The Morgan fingerprint density at radius 1 is 0.659 bits per heavy atom. The van der Waals surface area contributed by atoms with Crippen molar-refractivity contribution in [3.8, 4) is 0 Å². The van der Waals surface area contributed by atoms with Gasteiger partial charge in [-0.3, -0.25) is 9.59 Å². The molecule has 0 saturated carbocycles. The molecular weight excluding hydrogens is 526 g/mol. The average Bonchev–Trinajstić information content (AvgIpc) is 2.86. The second kappa shape index (κ2) is 17.4. The van der Waals surface area contributed by atoms with E-state index < -0.39 is 5.54 Å². The predicted molar refractivity (Wildman–Crippen MR) is 162 cm³/mol. The van der Waals surface area contributed by atoms with Crippen LogP contribution in [0.25, 0.3) is 20.9 Å². The molecule has 0 aliphatic carbocycles. The summed E-state index contributed by atoms with van der Waals surface area (Å²) >= 11 is 0. The van der Waals surface area contributed by atoms with E-state index in [0.717, 1.165) is 0 Å². The number of hydrogen-bond donors (Lipinski definition) is 3. The largest absolute Gasteiger partial charge is 0.380 e. The van der Waals surface area contributed by atoms with Crippen LogP contribution < -0.4 is 16.4 Å². The van der Waals surface area contributed by atoms with Crippen LogP contribution >= 0.6 is 0 Å². The van der Waals surface area contributed by atoms with Crippen molar-refractivity contribution in [1.82, 2.24) is 10.6 Å². The first-order chi connectivity index (χ1) is 18.7. The lowest BCUT2D eigenvalue weighted by Gasteiger charge is -2.29. The number of nitrogens with zero attached hydrogens (tertiary/aromatic N) is 6. The van der Waals surface area contributed by atoms with Crippen LogP contribution in [-0.4, -0.2) is 70.0 Å². The zero-order chi connectivity index (χ0) is 31.8. The van der Waals surface area contributed by atoms with Crippen LogP contribution in [0.4, 0.5) is 0 Å². The highest BCUT2D eigenvalue weighted by atomic mass is 16.5. The number of azide groups is 2. The molecule has 0 radical (unpaired) electrons. The normalized spacial score (nSPS) is 13.9. The van der Waals surface area contributed by atoms with Gasteiger partial charge >= 0.3 is 0 Å². The maximum atomic E-state index is 12.5. The Morgan fingerprint density at radius 3 is 1.29 bits per heavy atom. The minimum Gasteiger partial charge on any atom is -0.380 e. The zero-order valence-electron chi connectivity index (χ0n) is 26.9. The molecule has 0 saturated heterocycles. The van der Waals surface area contributed by atoms with Gasteiger partial charge in [-0.05, 0) is 41.7 Å². The smallest absolute Gasteiger partial charge is 0.220 e. The van der Waals surface area contributed by atoms with Crippen LogP contribution in [0.2, 0.25) is 0 Å². The third-order valence-corrected chi connectivity index (χ3v) is 6.47. The van der Waals surface area contributed by atoms with Gasteiger partial charge in [0.05, 0.1) is 26.4 Å². The van der Waals surface area contributed by atoms with Gasteiger partial charge in [0.2, 0.25) is 11.8 Å². The highest BCUT2D eigenvalue weighted by Crippen LogP contribution is 2.22. The predicted octanol–water partition coefficient (Wildman–Crippen LogP) is 5.26. The van der Waals surface area contributed by atoms with Crippen LogP contribution in [0, 0.1) is 21.7 Å². The van der Waals surface area contributed by atoms with Crippen molar-refractivity contribution in [3.63, 3.8) is 0 Å². The lowest BCUT2D eigenvalue weighted by molar-refractivity contribution is -0.122. The minimum atomic E-state index is -0.652. The summed E-state index contributed by atoms with van der Waals surface area (Å²) in [5, 5.41) is 13.2. The summed E-state index contributed by atoms with van der Waals surface area (Å²) in [7, 11) is 0. The molecule has 0 aromatic carbocycles. The summed E-state index contributed by atoms with van der Waals surface area (Å²) in [4.78, 5) is 30.5. The summed E-state index contributed by atoms with van der Waals surface area (Å²) in [5.74, 6) is -0.181. The first kappa shape index (κ1) is 38.4. The maximum Gasteiger partial charge on any atom is 0.220 e. The molecule has 13 nitrogen and oxygen atoms in total. The summed E-state index contributed by atoms with van der Waals surface area (Å²) in [5.41, 5.74) is 21.7. The van der Waals surface area contributed by atoms with E-state index in [2.05, 4.69) is 30.7 Å². The number of carbonyl (C=O) groups excluding carboxylic acids is 2. The maximum absolute atomic E-state index is 12.5. The highest BCUT2D eigenvalue weighted by molar-refractivity contribution is 5.76. The quantitative estimate of drug-likeness (QED) is 0.0888. The van der Waals surface area contributed by atoms with Gasteiger partial charge in [-0.2, -0.15) is 0 Å². The Kier molecular flexibility index (Phi) is 16.3. The third-order valence-electron chi connectivity index (χ3n) is 6.47. The molecule has 41 heavy (non-hydrogen) atoms. The van der Waals surface area contributed by atoms with Gasteiger partial charge in [-0.25, -0.2) is 0 Å². The Bertz CT molecular complexity index is 848. The molecule has 0 fully saturated rings. The summed E-state index contributed by atoms with van der Waals surface area (Å²) in [6, 6.07) is 0. The molecule has 0 bridgehead atoms. The number of rotatable bonds is 22. The molecule has 13 heteroatoms. The monoisotopic (exact) mass is 581 g/mol. The van der Waals surface area contributed by atoms with Crippen LogP contribution in [0.3, 0.4) is 0 Å². The van der Waals surface area contributed by atoms with Crippen LogP contribution in [0.1, 0.15) is 88.0 Å². The lowest BCUT2D eigenvalue weighted by Crippen LogP contribution is -2.42. The van der Waals surface area contributed by atoms with Crippen LogP contribution in [0.15, 0.2) is 10.2 Å². The topological polar surface area (TPSA) is 200 Å². The van der Waals surface area contributed by atoms with E-state index in [0.29, 0.717) is 65.4 Å².